The van der Waals surface area contributed by atoms with Crippen LogP contribution in [0.3, 0.4) is 0 Å². The summed E-state index contributed by atoms with van der Waals surface area (Å²) in [6.07, 6.45) is 10.9. The Kier molecular flexibility index (Phi) is 7.19. The monoisotopic (exact) mass is 525 g/mol. The lowest BCUT2D eigenvalue weighted by atomic mass is 9.88. The average Bonchev–Trinajstić information content (AvgIpc) is 3.79. The molecule has 11 heteroatoms. The Morgan fingerprint density at radius 3 is 2.54 bits per heavy atom. The number of hydrogen-bond donors (Lipinski definition) is 2. The molecule has 3 aromatic heterocycles. The number of nitrogens with zero attached hydrogens (tertiary/aromatic N) is 5. The summed E-state index contributed by atoms with van der Waals surface area (Å²) >= 11 is 6.10. The number of hydrogen-bond acceptors (Lipinski definition) is 6. The maximum atomic E-state index is 13.6. The largest absolute Gasteiger partial charge is 0.481 e. The van der Waals surface area contributed by atoms with E-state index in [9.17, 15) is 9.59 Å². The predicted octanol–water partition coefficient (Wildman–Crippen LogP) is 3.94. The second-order valence-corrected chi connectivity index (χ2v) is 10.6. The molecule has 0 unspecified atom stereocenters. The van der Waals surface area contributed by atoms with Crippen LogP contribution in [0.5, 0.6) is 5.88 Å². The van der Waals surface area contributed by atoms with E-state index in [4.69, 9.17) is 16.3 Å². The fourth-order valence-electron chi connectivity index (χ4n) is 5.02. The molecule has 196 valence electrons. The first-order chi connectivity index (χ1) is 17.8. The molecule has 0 spiro atoms. The minimum Gasteiger partial charge on any atom is -0.481 e. The van der Waals surface area contributed by atoms with Gasteiger partial charge in [-0.2, -0.15) is 10.2 Å². The minimum absolute atomic E-state index is 0.0323. The molecule has 10 nitrogen and oxygen atoms in total. The fourth-order valence-corrected chi connectivity index (χ4v) is 5.20. The van der Waals surface area contributed by atoms with Crippen molar-refractivity contribution in [3.63, 3.8) is 0 Å². The van der Waals surface area contributed by atoms with Gasteiger partial charge < -0.3 is 15.4 Å². The molecule has 2 N–H and O–H groups in total. The Morgan fingerprint density at radius 1 is 1.16 bits per heavy atom. The number of amides is 2. The van der Waals surface area contributed by atoms with Gasteiger partial charge in [-0.3, -0.25) is 19.0 Å². The lowest BCUT2D eigenvalue weighted by Crippen LogP contribution is -2.50. The molecule has 0 aromatic carbocycles. The summed E-state index contributed by atoms with van der Waals surface area (Å²) in [6, 6.07) is 2.86. The molecule has 2 aliphatic rings. The van der Waals surface area contributed by atoms with Crippen LogP contribution >= 0.6 is 11.6 Å². The van der Waals surface area contributed by atoms with Gasteiger partial charge in [-0.25, -0.2) is 4.98 Å². The van der Waals surface area contributed by atoms with Crippen LogP contribution in [-0.2, 0) is 11.3 Å². The maximum Gasteiger partial charge on any atom is 0.270 e. The van der Waals surface area contributed by atoms with E-state index in [0.717, 1.165) is 31.2 Å². The Balaban J connectivity index is 1.33. The zero-order valence-electron chi connectivity index (χ0n) is 21.2. The van der Waals surface area contributed by atoms with E-state index in [1.54, 1.807) is 47.2 Å². The Morgan fingerprint density at radius 2 is 1.89 bits per heavy atom. The number of nitrogens with one attached hydrogen (secondary N) is 2. The van der Waals surface area contributed by atoms with Crippen molar-refractivity contribution in [3.8, 4) is 5.88 Å². The third-order valence-corrected chi connectivity index (χ3v) is 7.20. The number of aromatic nitrogens is 5. The number of anilines is 1. The number of rotatable bonds is 11. The molecule has 2 fully saturated rings. The molecule has 3 aromatic rings. The van der Waals surface area contributed by atoms with Gasteiger partial charge in [0.15, 0.2) is 0 Å². The Hall–Kier alpha value is -3.40. The van der Waals surface area contributed by atoms with E-state index in [-0.39, 0.29) is 23.8 Å². The van der Waals surface area contributed by atoms with Crippen molar-refractivity contribution in [2.24, 2.45) is 17.8 Å². The molecule has 0 bridgehead atoms. The molecule has 1 atom stereocenters. The van der Waals surface area contributed by atoms with Crippen molar-refractivity contribution in [2.45, 2.75) is 58.2 Å². The molecule has 2 aliphatic carbocycles. The van der Waals surface area contributed by atoms with Gasteiger partial charge in [0, 0.05) is 30.2 Å². The first-order valence-corrected chi connectivity index (χ1v) is 13.1. The molecule has 2 amide bonds. The molecule has 0 radical (unpaired) electrons. The summed E-state index contributed by atoms with van der Waals surface area (Å²) in [4.78, 5) is 31.1. The first-order valence-electron chi connectivity index (χ1n) is 12.7. The van der Waals surface area contributed by atoms with Crippen LogP contribution in [0.4, 0.5) is 5.69 Å². The second kappa shape index (κ2) is 10.5. The quantitative estimate of drug-likeness (QED) is 0.392. The summed E-state index contributed by atoms with van der Waals surface area (Å²) in [6.45, 7) is 4.31. The van der Waals surface area contributed by atoms with Crippen molar-refractivity contribution in [3.05, 3.63) is 53.2 Å². The lowest BCUT2D eigenvalue weighted by molar-refractivity contribution is -0.119. The fraction of sp³-hybridized carbons (Fsp3) is 0.500. The molecule has 3 heterocycles. The number of methoxy groups -OCH3 is 1. The summed E-state index contributed by atoms with van der Waals surface area (Å²) in [5.41, 5.74) is 1.77. The molecule has 37 heavy (non-hydrogen) atoms. The SMILES string of the molecule is COc1ncc(Cl)cc1Cn1cc(NC(=O)[C@@H](NC(=O)c2ccnn2C(C)C)C(C2CC2)C2CC2)cn1. The van der Waals surface area contributed by atoms with Crippen molar-refractivity contribution >= 4 is 29.1 Å². The molecule has 0 saturated heterocycles. The van der Waals surface area contributed by atoms with Gasteiger partial charge >= 0.3 is 0 Å². The van der Waals surface area contributed by atoms with Crippen LogP contribution in [0.15, 0.2) is 36.9 Å². The van der Waals surface area contributed by atoms with E-state index in [1.165, 1.54) is 6.20 Å². The molecule has 0 aliphatic heterocycles. The topological polar surface area (TPSA) is 116 Å². The summed E-state index contributed by atoms with van der Waals surface area (Å²) in [7, 11) is 1.55. The average molecular weight is 526 g/mol. The molecule has 2 saturated carbocycles. The first kappa shape index (κ1) is 25.3. The number of halogens is 1. The Bertz CT molecular complexity index is 1270. The highest BCUT2D eigenvalue weighted by Gasteiger charge is 2.48. The smallest absolute Gasteiger partial charge is 0.270 e. The third-order valence-electron chi connectivity index (χ3n) is 7.00. The van der Waals surface area contributed by atoms with Gasteiger partial charge in [0.2, 0.25) is 11.8 Å². The highest BCUT2D eigenvalue weighted by atomic mass is 35.5. The highest BCUT2D eigenvalue weighted by Crippen LogP contribution is 2.51. The third kappa shape index (κ3) is 5.79. The lowest BCUT2D eigenvalue weighted by Gasteiger charge is -2.27. The van der Waals surface area contributed by atoms with Crippen LogP contribution in [-0.4, -0.2) is 49.5 Å². The standard InChI is InChI=1S/C26H32ClN7O3/c1-15(2)34-21(8-9-29-34)24(35)32-23(22(16-4-5-16)17-6-7-17)25(36)31-20-12-30-33(14-20)13-18-10-19(27)11-28-26(18)37-3/h8-12,14-17,22-23H,4-7,13H2,1-3H3,(H,31,36)(H,32,35)/t23-/m0/s1. The van der Waals surface area contributed by atoms with E-state index < -0.39 is 6.04 Å². The van der Waals surface area contributed by atoms with Crippen molar-refractivity contribution < 1.29 is 14.3 Å². The van der Waals surface area contributed by atoms with Crippen LogP contribution in [0.25, 0.3) is 0 Å². The van der Waals surface area contributed by atoms with E-state index in [2.05, 4.69) is 25.8 Å². The van der Waals surface area contributed by atoms with Gasteiger partial charge in [0.25, 0.3) is 5.91 Å². The predicted molar refractivity (Wildman–Crippen MR) is 139 cm³/mol. The van der Waals surface area contributed by atoms with E-state index in [1.807, 2.05) is 13.8 Å². The normalized spacial score (nSPS) is 16.2. The number of carbonyl (C=O) groups excluding carboxylic acids is 2. The zero-order valence-corrected chi connectivity index (χ0v) is 22.0. The van der Waals surface area contributed by atoms with Crippen LogP contribution < -0.4 is 15.4 Å². The van der Waals surface area contributed by atoms with Crippen LogP contribution in [0, 0.1) is 17.8 Å². The number of carbonyl (C=O) groups is 2. The zero-order chi connectivity index (χ0) is 26.1. The van der Waals surface area contributed by atoms with Crippen molar-refractivity contribution in [1.29, 1.82) is 0 Å². The van der Waals surface area contributed by atoms with Gasteiger partial charge in [0.05, 0.1) is 30.6 Å². The molecular weight excluding hydrogens is 494 g/mol. The maximum absolute atomic E-state index is 13.6. The van der Waals surface area contributed by atoms with Crippen molar-refractivity contribution in [1.82, 2.24) is 29.9 Å². The molecular formula is C26H32ClN7O3. The van der Waals surface area contributed by atoms with Gasteiger partial charge in [-0.05, 0) is 69.4 Å². The van der Waals surface area contributed by atoms with E-state index in [0.29, 0.717) is 40.7 Å². The van der Waals surface area contributed by atoms with Crippen LogP contribution in [0.2, 0.25) is 5.02 Å². The summed E-state index contributed by atoms with van der Waals surface area (Å²) < 4.78 is 8.68. The van der Waals surface area contributed by atoms with Gasteiger partial charge in [-0.1, -0.05) is 11.6 Å². The Labute approximate surface area is 220 Å². The van der Waals surface area contributed by atoms with Gasteiger partial charge in [-0.15, -0.1) is 0 Å². The van der Waals surface area contributed by atoms with Crippen LogP contribution in [0.1, 0.15) is 61.6 Å². The van der Waals surface area contributed by atoms with Gasteiger partial charge in [0.1, 0.15) is 11.7 Å². The summed E-state index contributed by atoms with van der Waals surface area (Å²) in [5.74, 6) is 0.998. The summed E-state index contributed by atoms with van der Waals surface area (Å²) in [5, 5.41) is 15.2. The minimum atomic E-state index is -0.636. The van der Waals surface area contributed by atoms with Crippen molar-refractivity contribution in [2.75, 3.05) is 12.4 Å². The number of ether oxygens (including phenoxy) is 1. The highest BCUT2D eigenvalue weighted by molar-refractivity contribution is 6.30. The second-order valence-electron chi connectivity index (χ2n) is 10.2. The molecule has 5 rings (SSSR count). The number of pyridine rings is 1. The van der Waals surface area contributed by atoms with E-state index >= 15 is 0 Å².